The van der Waals surface area contributed by atoms with E-state index in [-0.39, 0.29) is 19.1 Å². The van der Waals surface area contributed by atoms with Gasteiger partial charge in [-0.25, -0.2) is 0 Å². The standard InChI is InChI=1S/C19H20N2O4/c1-24-18(16-6-8-17(9-7-16)25-11-10-22)19(23)21-13-15-4-2-14(12-20)3-5-15/h2-9,18,22H,10-11,13H2,1H3,(H,21,23). The third-order valence-electron chi connectivity index (χ3n) is 3.57. The Morgan fingerprint density at radius 3 is 2.44 bits per heavy atom. The van der Waals surface area contributed by atoms with Crippen molar-refractivity contribution < 1.29 is 19.4 Å². The van der Waals surface area contributed by atoms with Crippen LogP contribution in [0.1, 0.15) is 22.8 Å². The molecule has 2 rings (SSSR count). The number of methoxy groups -OCH3 is 1. The molecule has 0 heterocycles. The van der Waals surface area contributed by atoms with Gasteiger partial charge in [0.1, 0.15) is 12.4 Å². The molecule has 6 heteroatoms. The lowest BCUT2D eigenvalue weighted by molar-refractivity contribution is -0.131. The molecule has 25 heavy (non-hydrogen) atoms. The van der Waals surface area contributed by atoms with E-state index in [0.717, 1.165) is 5.56 Å². The van der Waals surface area contributed by atoms with Crippen molar-refractivity contribution >= 4 is 5.91 Å². The number of hydrogen-bond acceptors (Lipinski definition) is 5. The monoisotopic (exact) mass is 340 g/mol. The van der Waals surface area contributed by atoms with Crippen LogP contribution in [0.4, 0.5) is 0 Å². The van der Waals surface area contributed by atoms with Gasteiger partial charge < -0.3 is 19.9 Å². The number of hydrogen-bond donors (Lipinski definition) is 2. The number of nitriles is 1. The summed E-state index contributed by atoms with van der Waals surface area (Å²) in [5, 5.41) is 20.4. The summed E-state index contributed by atoms with van der Waals surface area (Å²) >= 11 is 0. The Labute approximate surface area is 146 Å². The summed E-state index contributed by atoms with van der Waals surface area (Å²) in [6, 6.07) is 16.0. The van der Waals surface area contributed by atoms with Gasteiger partial charge in [-0.1, -0.05) is 24.3 Å². The Morgan fingerprint density at radius 1 is 1.20 bits per heavy atom. The van der Waals surface area contributed by atoms with E-state index in [4.69, 9.17) is 19.8 Å². The fourth-order valence-electron chi connectivity index (χ4n) is 2.28. The van der Waals surface area contributed by atoms with Gasteiger partial charge in [-0.2, -0.15) is 5.26 Å². The second-order valence-electron chi connectivity index (χ2n) is 5.28. The number of carbonyl (C=O) groups is 1. The zero-order valence-corrected chi connectivity index (χ0v) is 13.9. The highest BCUT2D eigenvalue weighted by molar-refractivity contribution is 5.82. The van der Waals surface area contributed by atoms with Gasteiger partial charge >= 0.3 is 0 Å². The topological polar surface area (TPSA) is 91.6 Å². The van der Waals surface area contributed by atoms with Crippen molar-refractivity contribution in [3.05, 3.63) is 65.2 Å². The smallest absolute Gasteiger partial charge is 0.254 e. The fraction of sp³-hybridized carbons (Fsp3) is 0.263. The van der Waals surface area contributed by atoms with Gasteiger partial charge in [-0.05, 0) is 35.4 Å². The molecule has 2 aromatic carbocycles. The molecule has 0 aliphatic carbocycles. The van der Waals surface area contributed by atoms with Crippen LogP contribution in [-0.2, 0) is 16.1 Å². The molecule has 1 atom stereocenters. The lowest BCUT2D eigenvalue weighted by atomic mass is 10.1. The number of benzene rings is 2. The predicted molar refractivity (Wildman–Crippen MR) is 91.8 cm³/mol. The minimum atomic E-state index is -0.731. The van der Waals surface area contributed by atoms with E-state index in [1.54, 1.807) is 48.5 Å². The molecule has 130 valence electrons. The van der Waals surface area contributed by atoms with E-state index in [1.807, 2.05) is 0 Å². The van der Waals surface area contributed by atoms with Gasteiger partial charge in [0.15, 0.2) is 6.10 Å². The Bertz CT molecular complexity index is 721. The highest BCUT2D eigenvalue weighted by Crippen LogP contribution is 2.20. The van der Waals surface area contributed by atoms with E-state index < -0.39 is 6.10 Å². The van der Waals surface area contributed by atoms with Gasteiger partial charge in [0.25, 0.3) is 5.91 Å². The van der Waals surface area contributed by atoms with Crippen molar-refractivity contribution in [1.29, 1.82) is 5.26 Å². The maximum Gasteiger partial charge on any atom is 0.254 e. The van der Waals surface area contributed by atoms with E-state index >= 15 is 0 Å². The van der Waals surface area contributed by atoms with Gasteiger partial charge in [0, 0.05) is 13.7 Å². The first-order chi connectivity index (χ1) is 12.2. The van der Waals surface area contributed by atoms with Crippen LogP contribution in [-0.4, -0.2) is 31.3 Å². The third-order valence-corrected chi connectivity index (χ3v) is 3.57. The number of amides is 1. The van der Waals surface area contributed by atoms with E-state index in [2.05, 4.69) is 11.4 Å². The number of nitrogens with one attached hydrogen (secondary N) is 1. The maximum absolute atomic E-state index is 12.4. The second-order valence-corrected chi connectivity index (χ2v) is 5.28. The molecule has 2 N–H and O–H groups in total. The summed E-state index contributed by atoms with van der Waals surface area (Å²) in [5.74, 6) is 0.363. The Hall–Kier alpha value is -2.88. The summed E-state index contributed by atoms with van der Waals surface area (Å²) in [6.07, 6.45) is -0.731. The van der Waals surface area contributed by atoms with Crippen molar-refractivity contribution in [2.75, 3.05) is 20.3 Å². The minimum Gasteiger partial charge on any atom is -0.491 e. The first-order valence-electron chi connectivity index (χ1n) is 7.81. The summed E-state index contributed by atoms with van der Waals surface area (Å²) in [4.78, 5) is 12.4. The minimum absolute atomic E-state index is 0.0554. The normalized spacial score (nSPS) is 11.4. The average molecular weight is 340 g/mol. The zero-order chi connectivity index (χ0) is 18.1. The van der Waals surface area contributed by atoms with Crippen LogP contribution < -0.4 is 10.1 Å². The molecule has 0 radical (unpaired) electrons. The van der Waals surface area contributed by atoms with Crippen LogP contribution in [0.2, 0.25) is 0 Å². The Morgan fingerprint density at radius 2 is 1.88 bits per heavy atom. The van der Waals surface area contributed by atoms with Crippen LogP contribution in [0.3, 0.4) is 0 Å². The molecule has 6 nitrogen and oxygen atoms in total. The Balaban J connectivity index is 1.96. The van der Waals surface area contributed by atoms with Crippen LogP contribution in [0, 0.1) is 11.3 Å². The molecule has 2 aromatic rings. The van der Waals surface area contributed by atoms with E-state index in [0.29, 0.717) is 23.4 Å². The summed E-state index contributed by atoms with van der Waals surface area (Å²) in [7, 11) is 1.47. The van der Waals surface area contributed by atoms with Gasteiger partial charge in [-0.15, -0.1) is 0 Å². The van der Waals surface area contributed by atoms with Gasteiger partial charge in [0.2, 0.25) is 0 Å². The fourth-order valence-corrected chi connectivity index (χ4v) is 2.28. The lowest BCUT2D eigenvalue weighted by Gasteiger charge is -2.16. The molecule has 0 aliphatic heterocycles. The SMILES string of the molecule is COC(C(=O)NCc1ccc(C#N)cc1)c1ccc(OCCO)cc1. The molecule has 1 unspecified atom stereocenters. The van der Waals surface area contributed by atoms with E-state index in [9.17, 15) is 4.79 Å². The zero-order valence-electron chi connectivity index (χ0n) is 13.9. The molecule has 0 saturated carbocycles. The molecular formula is C19H20N2O4. The molecule has 1 amide bonds. The highest BCUT2D eigenvalue weighted by atomic mass is 16.5. The van der Waals surface area contributed by atoms with Crippen molar-refractivity contribution in [2.45, 2.75) is 12.6 Å². The third kappa shape index (κ3) is 5.31. The molecule has 0 bridgehead atoms. The van der Waals surface area contributed by atoms with E-state index in [1.165, 1.54) is 7.11 Å². The number of nitrogens with zero attached hydrogens (tertiary/aromatic N) is 1. The molecule has 0 fully saturated rings. The predicted octanol–water partition coefficient (Wildman–Crippen LogP) is 1.93. The first kappa shape index (κ1) is 18.5. The van der Waals surface area contributed by atoms with Crippen LogP contribution in [0.5, 0.6) is 5.75 Å². The summed E-state index contributed by atoms with van der Waals surface area (Å²) < 4.78 is 10.6. The van der Waals surface area contributed by atoms with Crippen molar-refractivity contribution in [3.8, 4) is 11.8 Å². The number of aliphatic hydroxyl groups is 1. The number of rotatable bonds is 8. The first-order valence-corrected chi connectivity index (χ1v) is 7.81. The number of aliphatic hydroxyl groups excluding tert-OH is 1. The van der Waals surface area contributed by atoms with Crippen molar-refractivity contribution in [2.24, 2.45) is 0 Å². The van der Waals surface area contributed by atoms with Crippen LogP contribution in [0.25, 0.3) is 0 Å². The van der Waals surface area contributed by atoms with Gasteiger partial charge in [0.05, 0.1) is 18.2 Å². The maximum atomic E-state index is 12.4. The molecular weight excluding hydrogens is 320 g/mol. The van der Waals surface area contributed by atoms with Gasteiger partial charge in [-0.3, -0.25) is 4.79 Å². The summed E-state index contributed by atoms with van der Waals surface area (Å²) in [6.45, 7) is 0.514. The lowest BCUT2D eigenvalue weighted by Crippen LogP contribution is -2.29. The number of carbonyl (C=O) groups excluding carboxylic acids is 1. The molecule has 0 spiro atoms. The van der Waals surface area contributed by atoms with Crippen LogP contribution in [0.15, 0.2) is 48.5 Å². The Kier molecular flexibility index (Phi) is 6.96. The second kappa shape index (κ2) is 9.42. The van der Waals surface area contributed by atoms with Crippen LogP contribution >= 0.6 is 0 Å². The average Bonchev–Trinajstić information content (AvgIpc) is 2.66. The summed E-state index contributed by atoms with van der Waals surface area (Å²) in [5.41, 5.74) is 2.18. The molecule has 0 aliphatic rings. The largest absolute Gasteiger partial charge is 0.491 e. The highest BCUT2D eigenvalue weighted by Gasteiger charge is 2.19. The number of ether oxygens (including phenoxy) is 2. The molecule has 0 saturated heterocycles. The quantitative estimate of drug-likeness (QED) is 0.766. The van der Waals surface area contributed by atoms with Crippen molar-refractivity contribution in [3.63, 3.8) is 0 Å². The van der Waals surface area contributed by atoms with Crippen molar-refractivity contribution in [1.82, 2.24) is 5.32 Å². The molecule has 0 aromatic heterocycles.